The van der Waals surface area contributed by atoms with Crippen molar-refractivity contribution in [2.45, 2.75) is 44.4 Å². The van der Waals surface area contributed by atoms with E-state index in [0.717, 1.165) is 6.42 Å². The van der Waals surface area contributed by atoms with Crippen molar-refractivity contribution in [3.63, 3.8) is 0 Å². The first-order valence-electron chi connectivity index (χ1n) is 6.92. The molecule has 0 aromatic heterocycles. The maximum absolute atomic E-state index is 13.4. The number of alkyl halides is 3. The number of allylic oxidation sites excluding steroid dienone is 3. The van der Waals surface area contributed by atoms with Crippen LogP contribution in [0.25, 0.3) is 0 Å². The zero-order valence-electron chi connectivity index (χ0n) is 12.7. The molecule has 1 atom stereocenters. The van der Waals surface area contributed by atoms with Crippen LogP contribution in [0.5, 0.6) is 0 Å². The highest BCUT2D eigenvalue weighted by Gasteiger charge is 2.61. The topological polar surface area (TPSA) is 64.3 Å². The normalized spacial score (nSPS) is 15.0. The zero-order chi connectivity index (χ0) is 17.2. The van der Waals surface area contributed by atoms with E-state index >= 15 is 0 Å². The van der Waals surface area contributed by atoms with Crippen LogP contribution in [0.4, 0.5) is 13.2 Å². The Kier molecular flexibility index (Phi) is 8.74. The van der Waals surface area contributed by atoms with Gasteiger partial charge in [-0.1, -0.05) is 38.2 Å². The number of rotatable bonds is 10. The SMILES string of the molecule is C=C/C=C(\CCC)COC(CCC=C)(C(=O)NN)C(F)(F)F. The van der Waals surface area contributed by atoms with Crippen molar-refractivity contribution >= 4 is 5.91 Å². The monoisotopic (exact) mass is 320 g/mol. The van der Waals surface area contributed by atoms with Gasteiger partial charge in [-0.15, -0.1) is 6.58 Å². The van der Waals surface area contributed by atoms with Gasteiger partial charge in [-0.2, -0.15) is 13.2 Å². The van der Waals surface area contributed by atoms with E-state index in [1.807, 2.05) is 6.92 Å². The van der Waals surface area contributed by atoms with E-state index in [1.165, 1.54) is 12.2 Å². The first-order chi connectivity index (χ1) is 10.3. The van der Waals surface area contributed by atoms with Gasteiger partial charge in [0.1, 0.15) is 0 Å². The molecule has 0 saturated carbocycles. The number of nitrogens with two attached hydrogens (primary N) is 1. The maximum atomic E-state index is 13.4. The third-order valence-electron chi connectivity index (χ3n) is 3.08. The third-order valence-corrected chi connectivity index (χ3v) is 3.08. The molecule has 0 aliphatic carbocycles. The molecule has 0 aliphatic heterocycles. The van der Waals surface area contributed by atoms with Crippen molar-refractivity contribution in [1.29, 1.82) is 0 Å². The van der Waals surface area contributed by atoms with Gasteiger partial charge in [0, 0.05) is 0 Å². The highest BCUT2D eigenvalue weighted by molar-refractivity contribution is 5.85. The standard InChI is InChI=1S/C15H23F3N2O2/c1-4-7-10-14(13(21)20-19,15(16,17)18)22-11-12(8-5-2)9-6-3/h4-5,8H,1-2,6-7,9-11,19H2,3H3,(H,20,21)/b12-8+. The Bertz CT molecular complexity index is 420. The van der Waals surface area contributed by atoms with Gasteiger partial charge in [0.05, 0.1) is 6.61 Å². The summed E-state index contributed by atoms with van der Waals surface area (Å²) in [7, 11) is 0. The first kappa shape index (κ1) is 20.4. The Labute approximate surface area is 128 Å². The number of halogens is 3. The van der Waals surface area contributed by atoms with Gasteiger partial charge in [-0.3, -0.25) is 10.2 Å². The second-order valence-corrected chi connectivity index (χ2v) is 4.72. The molecule has 1 amide bonds. The average molecular weight is 320 g/mol. The minimum Gasteiger partial charge on any atom is -0.353 e. The third kappa shape index (κ3) is 5.31. The molecule has 0 bridgehead atoms. The van der Waals surface area contributed by atoms with Crippen molar-refractivity contribution in [2.24, 2.45) is 5.84 Å². The summed E-state index contributed by atoms with van der Waals surface area (Å²) in [5, 5.41) is 0. The Morgan fingerprint density at radius 3 is 2.41 bits per heavy atom. The molecule has 0 aliphatic rings. The van der Waals surface area contributed by atoms with Crippen LogP contribution in [0.1, 0.15) is 32.6 Å². The Morgan fingerprint density at radius 1 is 1.36 bits per heavy atom. The van der Waals surface area contributed by atoms with Crippen LogP contribution in [-0.2, 0) is 9.53 Å². The van der Waals surface area contributed by atoms with Gasteiger partial charge < -0.3 is 4.74 Å². The summed E-state index contributed by atoms with van der Waals surface area (Å²) in [4.78, 5) is 11.8. The van der Waals surface area contributed by atoms with Crippen molar-refractivity contribution in [2.75, 3.05) is 6.61 Å². The maximum Gasteiger partial charge on any atom is 0.426 e. The molecule has 0 radical (unpaired) electrons. The molecule has 0 rings (SSSR count). The summed E-state index contributed by atoms with van der Waals surface area (Å²) in [6.07, 6.45) is 0.0984. The molecular formula is C15H23F3N2O2. The van der Waals surface area contributed by atoms with Crippen LogP contribution in [0.15, 0.2) is 37.0 Å². The van der Waals surface area contributed by atoms with E-state index in [4.69, 9.17) is 10.6 Å². The smallest absolute Gasteiger partial charge is 0.353 e. The fourth-order valence-electron chi connectivity index (χ4n) is 1.93. The number of amides is 1. The zero-order valence-corrected chi connectivity index (χ0v) is 12.7. The van der Waals surface area contributed by atoms with Crippen molar-refractivity contribution in [3.8, 4) is 0 Å². The highest BCUT2D eigenvalue weighted by atomic mass is 19.4. The minimum atomic E-state index is -4.90. The number of hydrogen-bond donors (Lipinski definition) is 2. The Morgan fingerprint density at radius 2 is 2.00 bits per heavy atom. The van der Waals surface area contributed by atoms with Crippen LogP contribution in [0, 0.1) is 0 Å². The number of ether oxygens (including phenoxy) is 1. The van der Waals surface area contributed by atoms with Gasteiger partial charge in [0.25, 0.3) is 5.91 Å². The molecule has 0 fully saturated rings. The molecule has 0 aromatic rings. The predicted octanol–water partition coefficient (Wildman–Crippen LogP) is 3.17. The molecule has 126 valence electrons. The van der Waals surface area contributed by atoms with Crippen LogP contribution < -0.4 is 11.3 Å². The molecule has 3 N–H and O–H groups in total. The lowest BCUT2D eigenvalue weighted by molar-refractivity contribution is -0.267. The second-order valence-electron chi connectivity index (χ2n) is 4.72. The quantitative estimate of drug-likeness (QED) is 0.214. The van der Waals surface area contributed by atoms with Crippen molar-refractivity contribution in [3.05, 3.63) is 37.0 Å². The summed E-state index contributed by atoms with van der Waals surface area (Å²) in [6, 6.07) is 0. The van der Waals surface area contributed by atoms with E-state index in [1.54, 1.807) is 11.5 Å². The molecular weight excluding hydrogens is 297 g/mol. The Hall–Kier alpha value is -1.60. The summed E-state index contributed by atoms with van der Waals surface area (Å²) < 4.78 is 45.4. The first-order valence-corrected chi connectivity index (χ1v) is 6.92. The predicted molar refractivity (Wildman–Crippen MR) is 79.7 cm³/mol. The lowest BCUT2D eigenvalue weighted by atomic mass is 9.95. The van der Waals surface area contributed by atoms with Crippen LogP contribution >= 0.6 is 0 Å². The van der Waals surface area contributed by atoms with E-state index in [2.05, 4.69) is 13.2 Å². The van der Waals surface area contributed by atoms with Gasteiger partial charge in [-0.05, 0) is 24.8 Å². The van der Waals surface area contributed by atoms with E-state index < -0.39 is 24.1 Å². The summed E-state index contributed by atoms with van der Waals surface area (Å²) in [5.74, 6) is 3.49. The molecule has 0 spiro atoms. The molecule has 0 heterocycles. The number of nitrogens with one attached hydrogen (secondary N) is 1. The molecule has 4 nitrogen and oxygen atoms in total. The van der Waals surface area contributed by atoms with Gasteiger partial charge in [0.2, 0.25) is 5.60 Å². The van der Waals surface area contributed by atoms with Gasteiger partial charge >= 0.3 is 6.18 Å². The largest absolute Gasteiger partial charge is 0.426 e. The van der Waals surface area contributed by atoms with E-state index in [0.29, 0.717) is 12.0 Å². The lowest BCUT2D eigenvalue weighted by Crippen LogP contribution is -2.60. The highest BCUT2D eigenvalue weighted by Crippen LogP contribution is 2.38. The lowest BCUT2D eigenvalue weighted by Gasteiger charge is -2.33. The second kappa shape index (κ2) is 9.42. The molecule has 1 unspecified atom stereocenters. The van der Waals surface area contributed by atoms with Gasteiger partial charge in [-0.25, -0.2) is 5.84 Å². The van der Waals surface area contributed by atoms with Crippen LogP contribution in [0.2, 0.25) is 0 Å². The van der Waals surface area contributed by atoms with Crippen molar-refractivity contribution in [1.82, 2.24) is 5.43 Å². The van der Waals surface area contributed by atoms with Gasteiger partial charge in [0.15, 0.2) is 0 Å². The average Bonchev–Trinajstić information content (AvgIpc) is 2.45. The number of hydrazine groups is 1. The molecule has 0 saturated heterocycles. The fraction of sp³-hybridized carbons (Fsp3) is 0.533. The summed E-state index contributed by atoms with van der Waals surface area (Å²) in [6.45, 7) is 8.44. The number of carbonyl (C=O) groups excluding carboxylic acids is 1. The summed E-state index contributed by atoms with van der Waals surface area (Å²) in [5.41, 5.74) is -0.825. The van der Waals surface area contributed by atoms with Crippen molar-refractivity contribution < 1.29 is 22.7 Å². The number of carbonyl (C=O) groups is 1. The van der Waals surface area contributed by atoms with Crippen LogP contribution in [-0.4, -0.2) is 24.3 Å². The fourth-order valence-corrected chi connectivity index (χ4v) is 1.93. The number of hydrogen-bond acceptors (Lipinski definition) is 3. The molecule has 0 aromatic carbocycles. The van der Waals surface area contributed by atoms with E-state index in [-0.39, 0.29) is 13.0 Å². The molecule has 7 heteroatoms. The minimum absolute atomic E-state index is 0.0405. The summed E-state index contributed by atoms with van der Waals surface area (Å²) >= 11 is 0. The van der Waals surface area contributed by atoms with Crippen LogP contribution in [0.3, 0.4) is 0 Å². The Balaban J connectivity index is 5.45. The van der Waals surface area contributed by atoms with E-state index in [9.17, 15) is 18.0 Å². The molecule has 22 heavy (non-hydrogen) atoms.